The topological polar surface area (TPSA) is 0 Å². The highest BCUT2D eigenvalue weighted by molar-refractivity contribution is 6.66. The van der Waals surface area contributed by atoms with Crippen molar-refractivity contribution in [3.8, 4) is 0 Å². The van der Waals surface area contributed by atoms with Gasteiger partial charge in [0.2, 0.25) is 0 Å². The number of allylic oxidation sites excluding steroid dienone is 2. The Kier molecular flexibility index (Phi) is 6.83. The van der Waals surface area contributed by atoms with E-state index in [1.165, 1.54) is 10.6 Å². The van der Waals surface area contributed by atoms with E-state index in [9.17, 15) is 0 Å². The van der Waals surface area contributed by atoms with E-state index in [0.717, 1.165) is 11.8 Å². The van der Waals surface area contributed by atoms with Crippen molar-refractivity contribution in [1.29, 1.82) is 0 Å². The molecule has 0 atom stereocenters. The van der Waals surface area contributed by atoms with E-state index in [4.69, 9.17) is 0 Å². The van der Waals surface area contributed by atoms with Gasteiger partial charge in [0.25, 0.3) is 14.1 Å². The van der Waals surface area contributed by atoms with Crippen molar-refractivity contribution in [1.82, 2.24) is 0 Å². The second-order valence-corrected chi connectivity index (χ2v) is 8.24. The van der Waals surface area contributed by atoms with Gasteiger partial charge in [-0.2, -0.15) is 0 Å². The molecule has 1 heteroatoms. The molecule has 0 fully saturated rings. The standard InChI is InChI=1S/2C4H9.C4H7.Al/c2*1-4(2)3;1-3-4-2;/h2*4H,1H2,2-3H3;3H,1-2H3;. The minimum absolute atomic E-state index is 0.583. The lowest BCUT2D eigenvalue weighted by atomic mass is 10.3. The highest BCUT2D eigenvalue weighted by atomic mass is 27.2. The molecule has 0 amide bonds. The Hall–Kier alpha value is 0.272. The molecule has 0 N–H and O–H groups in total. The molecule has 0 aromatic rings. The van der Waals surface area contributed by atoms with Crippen molar-refractivity contribution in [3.63, 3.8) is 0 Å². The first kappa shape index (κ1) is 13.3. The van der Waals surface area contributed by atoms with E-state index in [1.807, 2.05) is 0 Å². The zero-order valence-corrected chi connectivity index (χ0v) is 11.4. The molecule has 0 unspecified atom stereocenters. The Bertz CT molecular complexity index is 147. The Labute approximate surface area is 88.8 Å². The van der Waals surface area contributed by atoms with Crippen LogP contribution in [0.2, 0.25) is 10.6 Å². The van der Waals surface area contributed by atoms with E-state index in [2.05, 4.69) is 47.6 Å². The van der Waals surface area contributed by atoms with Crippen LogP contribution in [0, 0.1) is 11.8 Å². The Morgan fingerprint density at radius 1 is 1.08 bits per heavy atom. The van der Waals surface area contributed by atoms with Crippen LogP contribution < -0.4 is 0 Å². The summed E-state index contributed by atoms with van der Waals surface area (Å²) in [5, 5.41) is 2.96. The summed E-state index contributed by atoms with van der Waals surface area (Å²) in [6, 6.07) is 0. The molecule has 0 bridgehead atoms. The average molecular weight is 196 g/mol. The molecule has 0 heterocycles. The fourth-order valence-corrected chi connectivity index (χ4v) is 5.53. The first-order chi connectivity index (χ1) is 5.97. The average Bonchev–Trinajstić information content (AvgIpc) is 2.00. The summed E-state index contributed by atoms with van der Waals surface area (Å²) in [5.41, 5.74) is 0. The summed E-state index contributed by atoms with van der Waals surface area (Å²) in [5.74, 6) is 1.76. The molecular weight excluding hydrogens is 171 g/mol. The quantitative estimate of drug-likeness (QED) is 0.575. The molecule has 0 aliphatic carbocycles. The fraction of sp³-hybridized carbons (Fsp3) is 0.833. The molecule has 0 aromatic carbocycles. The summed E-state index contributed by atoms with van der Waals surface area (Å²) in [7, 11) is 0. The number of hydrogen-bond donors (Lipinski definition) is 0. The van der Waals surface area contributed by atoms with Crippen LogP contribution in [0.4, 0.5) is 0 Å². The van der Waals surface area contributed by atoms with Gasteiger partial charge >= 0.3 is 0 Å². The van der Waals surface area contributed by atoms with Crippen molar-refractivity contribution in [2.75, 3.05) is 0 Å². The summed E-state index contributed by atoms with van der Waals surface area (Å²) in [6.07, 6.45) is 2.33. The summed E-state index contributed by atoms with van der Waals surface area (Å²) in [6.45, 7) is 13.9. The van der Waals surface area contributed by atoms with E-state index in [-0.39, 0.29) is 0 Å². The van der Waals surface area contributed by atoms with Crippen LogP contribution in [0.1, 0.15) is 41.5 Å². The second-order valence-electron chi connectivity index (χ2n) is 4.99. The first-order valence-corrected chi connectivity index (χ1v) is 7.81. The number of rotatable bonds is 5. The number of hydrogen-bond acceptors (Lipinski definition) is 0. The van der Waals surface area contributed by atoms with Crippen LogP contribution in [0.3, 0.4) is 0 Å². The highest BCUT2D eigenvalue weighted by Gasteiger charge is 2.20. The van der Waals surface area contributed by atoms with Crippen LogP contribution in [0.15, 0.2) is 10.5 Å². The van der Waals surface area contributed by atoms with Crippen LogP contribution in [0.5, 0.6) is 0 Å². The van der Waals surface area contributed by atoms with Gasteiger partial charge < -0.3 is 0 Å². The van der Waals surface area contributed by atoms with Crippen molar-refractivity contribution in [3.05, 3.63) is 10.5 Å². The zero-order valence-electron chi connectivity index (χ0n) is 10.2. The van der Waals surface area contributed by atoms with Gasteiger partial charge in [0.1, 0.15) is 0 Å². The Morgan fingerprint density at radius 2 is 1.46 bits per heavy atom. The van der Waals surface area contributed by atoms with Gasteiger partial charge in [0.05, 0.1) is 0 Å². The van der Waals surface area contributed by atoms with Gasteiger partial charge in [-0.1, -0.05) is 57.0 Å². The SMILES string of the molecule is C/C=[C](/C)[Al]([CH2]C(C)C)[CH2]C(C)C. The predicted octanol–water partition coefficient (Wildman–Crippen LogP) is 4.30. The normalized spacial score (nSPS) is 12.8. The zero-order chi connectivity index (χ0) is 10.4. The van der Waals surface area contributed by atoms with Gasteiger partial charge in [-0.3, -0.25) is 0 Å². The second kappa shape index (κ2) is 6.69. The molecule has 0 nitrogen and oxygen atoms in total. The lowest BCUT2D eigenvalue weighted by Gasteiger charge is -2.16. The maximum absolute atomic E-state index is 2.35. The third kappa shape index (κ3) is 6.36. The lowest BCUT2D eigenvalue weighted by molar-refractivity contribution is 0.692. The minimum atomic E-state index is -0.583. The van der Waals surface area contributed by atoms with Crippen LogP contribution in [-0.4, -0.2) is 14.1 Å². The fourth-order valence-electron chi connectivity index (χ4n) is 1.84. The van der Waals surface area contributed by atoms with E-state index >= 15 is 0 Å². The minimum Gasteiger partial charge on any atom is -0.138 e. The van der Waals surface area contributed by atoms with Gasteiger partial charge in [-0.25, -0.2) is 0 Å². The molecule has 0 saturated heterocycles. The van der Waals surface area contributed by atoms with E-state index < -0.39 is 14.1 Å². The van der Waals surface area contributed by atoms with Crippen LogP contribution >= 0.6 is 0 Å². The Morgan fingerprint density at radius 3 is 1.69 bits per heavy atom. The molecular formula is C12H25Al. The molecule has 13 heavy (non-hydrogen) atoms. The van der Waals surface area contributed by atoms with Gasteiger partial charge in [-0.05, 0) is 6.92 Å². The molecule has 0 aliphatic rings. The highest BCUT2D eigenvalue weighted by Crippen LogP contribution is 2.19. The molecule has 76 valence electrons. The third-order valence-corrected chi connectivity index (χ3v) is 7.26. The maximum Gasteiger partial charge on any atom is 0.298 e. The molecule has 0 aliphatic heterocycles. The summed E-state index contributed by atoms with van der Waals surface area (Å²) in [4.78, 5) is 0. The van der Waals surface area contributed by atoms with Crippen molar-refractivity contribution in [2.45, 2.75) is 52.1 Å². The van der Waals surface area contributed by atoms with Gasteiger partial charge in [0.15, 0.2) is 0 Å². The van der Waals surface area contributed by atoms with E-state index in [0.29, 0.717) is 0 Å². The van der Waals surface area contributed by atoms with Gasteiger partial charge in [-0.15, -0.1) is 10.5 Å². The smallest absolute Gasteiger partial charge is 0.138 e. The molecule has 0 aromatic heterocycles. The van der Waals surface area contributed by atoms with Crippen LogP contribution in [-0.2, 0) is 0 Å². The van der Waals surface area contributed by atoms with Crippen molar-refractivity contribution in [2.24, 2.45) is 11.8 Å². The third-order valence-electron chi connectivity index (χ3n) is 2.61. The maximum atomic E-state index is 2.35. The largest absolute Gasteiger partial charge is 0.298 e. The summed E-state index contributed by atoms with van der Waals surface area (Å²) >= 11 is -0.583. The first-order valence-electron chi connectivity index (χ1n) is 5.60. The summed E-state index contributed by atoms with van der Waals surface area (Å²) < 4.78 is 1.71. The predicted molar refractivity (Wildman–Crippen MR) is 64.5 cm³/mol. The monoisotopic (exact) mass is 196 g/mol. The molecule has 0 spiro atoms. The Balaban J connectivity index is 4.19. The van der Waals surface area contributed by atoms with Crippen molar-refractivity contribution >= 4 is 14.1 Å². The molecule has 0 saturated carbocycles. The lowest BCUT2D eigenvalue weighted by Crippen LogP contribution is -2.19. The molecule has 0 rings (SSSR count). The van der Waals surface area contributed by atoms with Crippen molar-refractivity contribution < 1.29 is 0 Å². The van der Waals surface area contributed by atoms with E-state index in [1.54, 1.807) is 4.44 Å². The van der Waals surface area contributed by atoms with Gasteiger partial charge in [0, 0.05) is 0 Å². The van der Waals surface area contributed by atoms with Crippen LogP contribution in [0.25, 0.3) is 0 Å². The molecule has 0 radical (unpaired) electrons.